The summed E-state index contributed by atoms with van der Waals surface area (Å²) in [5.74, 6) is -4.26. The average Bonchev–Trinajstić information content (AvgIpc) is 2.01. The minimum Gasteiger partial charge on any atom is -0.475 e. The molecule has 0 aliphatic rings. The molecule has 0 saturated carbocycles. The molecule has 0 nitrogen and oxygen atoms in total. The lowest BCUT2D eigenvalue weighted by atomic mass is 10.3. The maximum atomic E-state index is 12.4. The van der Waals surface area contributed by atoms with Gasteiger partial charge in [-0.2, -0.15) is 0 Å². The lowest BCUT2D eigenvalue weighted by Crippen LogP contribution is -2.17. The first-order chi connectivity index (χ1) is 5.16. The van der Waals surface area contributed by atoms with Gasteiger partial charge in [-0.3, -0.25) is 0 Å². The molecule has 12 heavy (non-hydrogen) atoms. The van der Waals surface area contributed by atoms with Crippen LogP contribution in [0.1, 0.15) is 0 Å². The third-order valence-electron chi connectivity index (χ3n) is 1.26. The molecular formula is C6H3BrF4Mg. The van der Waals surface area contributed by atoms with Gasteiger partial charge in [-0.05, 0) is 6.07 Å². The van der Waals surface area contributed by atoms with Crippen LogP contribution in [0, 0.1) is 17.5 Å². The highest BCUT2D eigenvalue weighted by molar-refractivity contribution is 8.93. The molecule has 6 heteroatoms. The lowest BCUT2D eigenvalue weighted by Gasteiger charge is -1.98. The van der Waals surface area contributed by atoms with Crippen molar-refractivity contribution < 1.29 is 16.1 Å². The van der Waals surface area contributed by atoms with Crippen LogP contribution in [0.2, 0.25) is 0 Å². The molecule has 0 heterocycles. The monoisotopic (exact) mass is 254 g/mol. The Balaban J connectivity index is 0.00000121. The van der Waals surface area contributed by atoms with E-state index in [9.17, 15) is 16.1 Å². The molecule has 0 amide bonds. The fraction of sp³-hybridized carbons (Fsp3) is 0. The summed E-state index contributed by atoms with van der Waals surface area (Å²) in [6.45, 7) is 0. The summed E-state index contributed by atoms with van der Waals surface area (Å²) in [6, 6.07) is 1.65. The predicted molar refractivity (Wildman–Crippen MR) is 43.1 cm³/mol. The van der Waals surface area contributed by atoms with Crippen molar-refractivity contribution in [2.24, 2.45) is 0 Å². The minimum atomic E-state index is -2.26. The van der Waals surface area contributed by atoms with Crippen LogP contribution >= 0.6 is 17.0 Å². The number of halogens is 5. The second-order valence-corrected chi connectivity index (χ2v) is 3.00. The topological polar surface area (TPSA) is 0 Å². The van der Waals surface area contributed by atoms with Gasteiger partial charge in [-0.15, -0.1) is 17.0 Å². The second kappa shape index (κ2) is 5.03. The Morgan fingerprint density at radius 2 is 1.58 bits per heavy atom. The first-order valence-corrected chi connectivity index (χ1v) is 4.09. The van der Waals surface area contributed by atoms with E-state index in [1.54, 1.807) is 0 Å². The van der Waals surface area contributed by atoms with Crippen LogP contribution in [0.3, 0.4) is 0 Å². The van der Waals surface area contributed by atoms with Gasteiger partial charge in [0.05, 0.1) is 0 Å². The van der Waals surface area contributed by atoms with Crippen LogP contribution in [-0.2, 0) is 0 Å². The third kappa shape index (κ3) is 2.34. The molecule has 0 aromatic heterocycles. The van der Waals surface area contributed by atoms with E-state index < -0.39 is 38.4 Å². The van der Waals surface area contributed by atoms with Gasteiger partial charge >= 0.3 is 20.9 Å². The molecule has 0 N–H and O–H groups in total. The summed E-state index contributed by atoms with van der Waals surface area (Å²) in [5.41, 5.74) is 0. The normalized spacial score (nSPS) is 8.67. The van der Waals surface area contributed by atoms with E-state index in [2.05, 4.69) is 0 Å². The molecule has 0 radical (unpaired) electrons. The smallest absolute Gasteiger partial charge is 0.475 e. The van der Waals surface area contributed by atoms with Gasteiger partial charge in [-0.25, -0.2) is 13.2 Å². The zero-order valence-electron chi connectivity index (χ0n) is 5.78. The van der Waals surface area contributed by atoms with Crippen molar-refractivity contribution in [2.45, 2.75) is 0 Å². The van der Waals surface area contributed by atoms with Gasteiger partial charge in [0.25, 0.3) is 0 Å². The van der Waals surface area contributed by atoms with Crippen LogP contribution in [0.5, 0.6) is 0 Å². The van der Waals surface area contributed by atoms with Crippen molar-refractivity contribution in [1.82, 2.24) is 0 Å². The second-order valence-electron chi connectivity index (χ2n) is 1.97. The Bertz CT molecular complexity index is 278. The Hall–Kier alpha value is 0.186. The van der Waals surface area contributed by atoms with Crippen LogP contribution in [0.25, 0.3) is 0 Å². The van der Waals surface area contributed by atoms with Crippen LogP contribution in [0.4, 0.5) is 16.1 Å². The maximum absolute atomic E-state index is 12.4. The highest BCUT2D eigenvalue weighted by atomic mass is 79.9. The van der Waals surface area contributed by atoms with Crippen molar-refractivity contribution in [1.29, 1.82) is 0 Å². The lowest BCUT2D eigenvalue weighted by molar-refractivity contribution is 0.450. The quantitative estimate of drug-likeness (QED) is 0.408. The van der Waals surface area contributed by atoms with E-state index in [0.717, 1.165) is 12.1 Å². The summed E-state index contributed by atoms with van der Waals surface area (Å²) in [4.78, 5) is 0. The molecule has 0 fully saturated rings. The molecule has 0 saturated heterocycles. The van der Waals surface area contributed by atoms with E-state index in [1.165, 1.54) is 0 Å². The summed E-state index contributed by atoms with van der Waals surface area (Å²) in [6.07, 6.45) is 0. The fourth-order valence-electron chi connectivity index (χ4n) is 0.669. The first kappa shape index (κ1) is 12.2. The number of hydrogen-bond donors (Lipinski definition) is 0. The van der Waals surface area contributed by atoms with Crippen molar-refractivity contribution in [3.05, 3.63) is 29.6 Å². The van der Waals surface area contributed by atoms with E-state index in [4.69, 9.17) is 0 Å². The maximum Gasteiger partial charge on any atom is 0.655 e. The largest absolute Gasteiger partial charge is 0.655 e. The molecular weight excluding hydrogens is 252 g/mol. The molecule has 1 aromatic carbocycles. The van der Waals surface area contributed by atoms with Gasteiger partial charge in [0.15, 0.2) is 11.6 Å². The molecule has 0 spiro atoms. The SMILES string of the molecule is Br.[F][Mg][c]1ccc(F)c(F)c1F. The van der Waals surface area contributed by atoms with E-state index in [-0.39, 0.29) is 20.7 Å². The fourth-order valence-corrected chi connectivity index (χ4v) is 1.15. The standard InChI is InChI=1S/C6H2F3.BrH.FH.Mg/c7-4-2-1-3-5(8)6(4)9;;;/h1-2H;2*1H;/q;;;+1/p-1. The van der Waals surface area contributed by atoms with Crippen molar-refractivity contribution in [3.8, 4) is 0 Å². The summed E-state index contributed by atoms with van der Waals surface area (Å²) >= 11 is -2.26. The number of hydrogen-bond acceptors (Lipinski definition) is 0. The molecule has 0 unspecified atom stereocenters. The predicted octanol–water partition coefficient (Wildman–Crippen LogP) is 1.90. The summed E-state index contributed by atoms with van der Waals surface area (Å²) < 4.78 is 48.5. The Kier molecular flexibility index (Phi) is 5.11. The van der Waals surface area contributed by atoms with Crippen molar-refractivity contribution >= 4 is 41.6 Å². The first-order valence-electron chi connectivity index (χ1n) is 2.85. The Morgan fingerprint density at radius 1 is 1.00 bits per heavy atom. The summed E-state index contributed by atoms with van der Waals surface area (Å²) in [7, 11) is 0. The van der Waals surface area contributed by atoms with Gasteiger partial charge in [-0.1, -0.05) is 9.76 Å². The molecule has 0 atom stereocenters. The van der Waals surface area contributed by atoms with E-state index in [0.29, 0.717) is 0 Å². The molecule has 1 rings (SSSR count). The average molecular weight is 255 g/mol. The van der Waals surface area contributed by atoms with Gasteiger partial charge in [0.1, 0.15) is 5.82 Å². The Labute approximate surface area is 87.2 Å². The number of benzene rings is 1. The highest BCUT2D eigenvalue weighted by Gasteiger charge is 2.14. The molecule has 0 bridgehead atoms. The van der Waals surface area contributed by atoms with Crippen LogP contribution in [0.15, 0.2) is 12.1 Å². The van der Waals surface area contributed by atoms with Crippen molar-refractivity contribution in [2.75, 3.05) is 0 Å². The van der Waals surface area contributed by atoms with Gasteiger partial charge in [0.2, 0.25) is 0 Å². The third-order valence-corrected chi connectivity index (χ3v) is 2.09. The summed E-state index contributed by atoms with van der Waals surface area (Å²) in [5, 5.41) is 0. The highest BCUT2D eigenvalue weighted by Crippen LogP contribution is 2.06. The minimum absolute atomic E-state index is 0. The molecule has 0 aliphatic carbocycles. The molecule has 1 aromatic rings. The van der Waals surface area contributed by atoms with Gasteiger partial charge in [0, 0.05) is 0 Å². The molecule has 64 valence electrons. The van der Waals surface area contributed by atoms with E-state index in [1.807, 2.05) is 0 Å². The van der Waals surface area contributed by atoms with Crippen LogP contribution < -0.4 is 3.69 Å². The Morgan fingerprint density at radius 3 is 2.08 bits per heavy atom. The van der Waals surface area contributed by atoms with Gasteiger partial charge < -0.3 is 2.96 Å². The molecule has 0 aliphatic heterocycles. The zero-order valence-corrected chi connectivity index (χ0v) is 8.91. The number of rotatable bonds is 1. The zero-order chi connectivity index (χ0) is 8.43. The van der Waals surface area contributed by atoms with Crippen molar-refractivity contribution in [3.63, 3.8) is 0 Å². The van der Waals surface area contributed by atoms with E-state index >= 15 is 0 Å². The van der Waals surface area contributed by atoms with Crippen LogP contribution in [-0.4, -0.2) is 20.9 Å².